The Morgan fingerprint density at radius 1 is 0.515 bits per heavy atom. The van der Waals surface area contributed by atoms with Gasteiger partial charge in [0.05, 0.1) is 6.61 Å². The lowest BCUT2D eigenvalue weighted by atomic mass is 10.00. The summed E-state index contributed by atoms with van der Waals surface area (Å²) < 4.78 is 54.1. The van der Waals surface area contributed by atoms with Crippen LogP contribution in [-0.4, -0.2) is 96.0 Å². The van der Waals surface area contributed by atoms with Crippen LogP contribution in [0.3, 0.4) is 0 Å². The van der Waals surface area contributed by atoms with Gasteiger partial charge in [0, 0.05) is 12.8 Å². The molecule has 1 aliphatic heterocycles. The van der Waals surface area contributed by atoms with Crippen LogP contribution >= 0.6 is 0 Å². The number of allylic oxidation sites excluding steroid dienone is 14. The Labute approximate surface area is 399 Å². The van der Waals surface area contributed by atoms with E-state index in [1.807, 2.05) is 12.2 Å². The Balaban J connectivity index is 2.45. The van der Waals surface area contributed by atoms with Crippen molar-refractivity contribution in [3.05, 3.63) is 85.1 Å². The molecule has 66 heavy (non-hydrogen) atoms. The maximum absolute atomic E-state index is 12.9. The highest BCUT2D eigenvalue weighted by atomic mass is 32.2. The minimum absolute atomic E-state index is 0.0905. The molecule has 0 aromatic carbocycles. The van der Waals surface area contributed by atoms with Crippen molar-refractivity contribution in [1.82, 2.24) is 0 Å². The van der Waals surface area contributed by atoms with Gasteiger partial charge < -0.3 is 34.3 Å². The van der Waals surface area contributed by atoms with E-state index in [2.05, 4.69) is 86.8 Å². The van der Waals surface area contributed by atoms with Crippen molar-refractivity contribution in [3.8, 4) is 0 Å². The van der Waals surface area contributed by atoms with E-state index >= 15 is 0 Å². The molecule has 13 heteroatoms. The lowest BCUT2D eigenvalue weighted by Gasteiger charge is -2.40. The van der Waals surface area contributed by atoms with Gasteiger partial charge >= 0.3 is 11.9 Å². The average Bonchev–Trinajstić information content (AvgIpc) is 3.28. The molecule has 378 valence electrons. The fourth-order valence-corrected chi connectivity index (χ4v) is 7.73. The quantitative estimate of drug-likeness (QED) is 0.0197. The molecule has 4 N–H and O–H groups in total. The van der Waals surface area contributed by atoms with E-state index in [1.54, 1.807) is 0 Å². The fourth-order valence-electron chi connectivity index (χ4n) is 7.04. The summed E-state index contributed by atoms with van der Waals surface area (Å²) in [6.45, 7) is 3.65. The second kappa shape index (κ2) is 42.0. The van der Waals surface area contributed by atoms with Crippen molar-refractivity contribution in [2.75, 3.05) is 19.0 Å². The smallest absolute Gasteiger partial charge is 0.306 e. The Hall–Kier alpha value is -3.17. The van der Waals surface area contributed by atoms with Crippen LogP contribution in [-0.2, 0) is 38.7 Å². The van der Waals surface area contributed by atoms with E-state index in [9.17, 15) is 37.9 Å². The standard InChI is InChI=1S/C53H88O12S/c1-3-5-7-9-11-13-15-17-19-21-23-25-27-29-31-33-35-37-39-41-48(54)62-43-46(44-63-53-52(58)51(57)50(56)47(65-53)45-66(59,60)61)64-49(55)42-40-38-36-34-32-30-28-26-24-22-20-18-16-14-12-10-8-6-4-2/h11-14,17-20,23,25,29,31,35,37,46-47,50-53,56-58H,3-10,15-16,21-22,24,26-28,30,32-34,36,38-45H2,1-2H3,(H,59,60,61)/b13-11+,14-12+,19-17+,20-18+,25-23+,31-29+,37-35+/t46-,47-,50-,51?,52?,53+/m1/s1. The Kier molecular flexibility index (Phi) is 38.7. The first-order valence-corrected chi connectivity index (χ1v) is 26.8. The monoisotopic (exact) mass is 949 g/mol. The largest absolute Gasteiger partial charge is 0.462 e. The van der Waals surface area contributed by atoms with Crippen molar-refractivity contribution in [3.63, 3.8) is 0 Å². The Morgan fingerprint density at radius 3 is 1.41 bits per heavy atom. The Bertz CT molecular complexity index is 1530. The topological polar surface area (TPSA) is 186 Å². The zero-order valence-electron chi connectivity index (χ0n) is 40.5. The molecule has 0 aromatic rings. The molecule has 1 heterocycles. The van der Waals surface area contributed by atoms with E-state index in [-0.39, 0.29) is 19.4 Å². The van der Waals surface area contributed by atoms with Crippen LogP contribution in [0.2, 0.25) is 0 Å². The van der Waals surface area contributed by atoms with Gasteiger partial charge in [-0.15, -0.1) is 0 Å². The van der Waals surface area contributed by atoms with Gasteiger partial charge in [-0.3, -0.25) is 14.1 Å². The molecule has 6 atom stereocenters. The summed E-state index contributed by atoms with van der Waals surface area (Å²) in [6.07, 6.45) is 46.3. The molecule has 0 bridgehead atoms. The summed E-state index contributed by atoms with van der Waals surface area (Å²) in [7, 11) is -4.62. The zero-order chi connectivity index (χ0) is 48.4. The molecule has 0 saturated carbocycles. The highest BCUT2D eigenvalue weighted by Crippen LogP contribution is 2.24. The number of unbranched alkanes of at least 4 members (excludes halogenated alkanes) is 15. The van der Waals surface area contributed by atoms with Gasteiger partial charge in [-0.2, -0.15) is 8.42 Å². The lowest BCUT2D eigenvalue weighted by molar-refractivity contribution is -0.297. The number of esters is 2. The number of hydrogen-bond acceptors (Lipinski definition) is 11. The molecule has 0 amide bonds. The van der Waals surface area contributed by atoms with Crippen LogP contribution in [0.5, 0.6) is 0 Å². The minimum Gasteiger partial charge on any atom is -0.462 e. The van der Waals surface area contributed by atoms with E-state index < -0.39 is 71.2 Å². The Morgan fingerprint density at radius 2 is 0.939 bits per heavy atom. The van der Waals surface area contributed by atoms with Crippen molar-refractivity contribution >= 4 is 22.1 Å². The molecular formula is C53H88O12S. The van der Waals surface area contributed by atoms with Gasteiger partial charge in [-0.1, -0.05) is 170 Å². The van der Waals surface area contributed by atoms with Crippen molar-refractivity contribution in [2.45, 2.75) is 218 Å². The van der Waals surface area contributed by atoms with Gasteiger partial charge in [0.15, 0.2) is 12.4 Å². The molecule has 0 aromatic heterocycles. The van der Waals surface area contributed by atoms with Crippen LogP contribution in [0.1, 0.15) is 181 Å². The number of hydrogen-bond donors (Lipinski definition) is 4. The van der Waals surface area contributed by atoms with Crippen LogP contribution in [0.4, 0.5) is 0 Å². The first-order valence-electron chi connectivity index (χ1n) is 25.1. The lowest BCUT2D eigenvalue weighted by Crippen LogP contribution is -2.60. The zero-order valence-corrected chi connectivity index (χ0v) is 41.3. The van der Waals surface area contributed by atoms with Crippen LogP contribution in [0, 0.1) is 0 Å². The van der Waals surface area contributed by atoms with Gasteiger partial charge in [-0.05, 0) is 83.5 Å². The van der Waals surface area contributed by atoms with Crippen LogP contribution < -0.4 is 0 Å². The molecule has 0 radical (unpaired) electrons. The van der Waals surface area contributed by atoms with E-state index in [0.717, 1.165) is 70.6 Å². The van der Waals surface area contributed by atoms with Gasteiger partial charge in [-0.25, -0.2) is 0 Å². The second-order valence-corrected chi connectivity index (χ2v) is 18.6. The maximum atomic E-state index is 12.9. The molecule has 1 rings (SSSR count). The van der Waals surface area contributed by atoms with Crippen LogP contribution in [0.25, 0.3) is 0 Å². The van der Waals surface area contributed by atoms with E-state index in [4.69, 9.17) is 18.9 Å². The summed E-state index contributed by atoms with van der Waals surface area (Å²) in [5, 5.41) is 31.0. The van der Waals surface area contributed by atoms with E-state index in [1.165, 1.54) is 70.6 Å². The highest BCUT2D eigenvalue weighted by Gasteiger charge is 2.46. The first kappa shape index (κ1) is 60.8. The summed E-state index contributed by atoms with van der Waals surface area (Å²) in [4.78, 5) is 25.5. The molecule has 2 unspecified atom stereocenters. The first-order chi connectivity index (χ1) is 32.0. The molecular weight excluding hydrogens is 861 g/mol. The summed E-state index contributed by atoms with van der Waals surface area (Å²) in [5.41, 5.74) is 0. The number of aliphatic hydroxyl groups is 3. The summed E-state index contributed by atoms with van der Waals surface area (Å²) >= 11 is 0. The number of rotatable bonds is 41. The van der Waals surface area contributed by atoms with Crippen molar-refractivity contribution < 1.29 is 56.8 Å². The second-order valence-electron chi connectivity index (χ2n) is 17.1. The third-order valence-corrected chi connectivity index (χ3v) is 11.7. The molecule has 0 spiro atoms. The molecule has 0 aliphatic carbocycles. The van der Waals surface area contributed by atoms with Gasteiger partial charge in [0.2, 0.25) is 0 Å². The van der Waals surface area contributed by atoms with E-state index in [0.29, 0.717) is 12.8 Å². The molecule has 1 fully saturated rings. The molecule has 1 aliphatic rings. The molecule has 12 nitrogen and oxygen atoms in total. The summed E-state index contributed by atoms with van der Waals surface area (Å²) in [6, 6.07) is 0. The molecule has 1 saturated heterocycles. The predicted octanol–water partition coefficient (Wildman–Crippen LogP) is 11.2. The predicted molar refractivity (Wildman–Crippen MR) is 265 cm³/mol. The SMILES string of the molecule is CCCCC/C=C/C/C=C/C/C=C/C/C=C/C/C=C/CCC(=O)OC[C@H](CO[C@H]1O[C@H](CS(=O)(=O)O)[C@@H](O)C(O)C1O)OC(=O)CCCCCCCCCCC/C=C/C/C=C/CCCCC. The van der Waals surface area contributed by atoms with Crippen molar-refractivity contribution in [1.29, 1.82) is 0 Å². The highest BCUT2D eigenvalue weighted by molar-refractivity contribution is 7.85. The minimum atomic E-state index is -4.62. The number of aliphatic hydroxyl groups excluding tert-OH is 3. The maximum Gasteiger partial charge on any atom is 0.306 e. The summed E-state index contributed by atoms with van der Waals surface area (Å²) in [5.74, 6) is -2.10. The fraction of sp³-hybridized carbons (Fsp3) is 0.698. The average molecular weight is 949 g/mol. The third-order valence-electron chi connectivity index (χ3n) is 11.0. The third kappa shape index (κ3) is 35.9. The van der Waals surface area contributed by atoms with Crippen molar-refractivity contribution in [2.24, 2.45) is 0 Å². The number of carbonyl (C=O) groups excluding carboxylic acids is 2. The number of ether oxygens (including phenoxy) is 4. The van der Waals surface area contributed by atoms with Gasteiger partial charge in [0.1, 0.15) is 36.8 Å². The van der Waals surface area contributed by atoms with Crippen LogP contribution in [0.15, 0.2) is 85.1 Å². The van der Waals surface area contributed by atoms with Gasteiger partial charge in [0.25, 0.3) is 10.1 Å². The normalized spacial score (nSPS) is 20.1. The number of carbonyl (C=O) groups is 2.